The zero-order valence-corrected chi connectivity index (χ0v) is 7.31. The van der Waals surface area contributed by atoms with Crippen molar-refractivity contribution in [3.8, 4) is 0 Å². The number of hydrogen-bond donors (Lipinski definition) is 1. The van der Waals surface area contributed by atoms with Crippen LogP contribution in [0.3, 0.4) is 0 Å². The molecule has 1 amide bonds. The molecular weight excluding hydrogens is 180 g/mol. The Morgan fingerprint density at radius 3 is 2.79 bits per heavy atom. The van der Waals surface area contributed by atoms with Gasteiger partial charge >= 0.3 is 0 Å². The lowest BCUT2D eigenvalue weighted by molar-refractivity contribution is 0.100. The van der Waals surface area contributed by atoms with Crippen molar-refractivity contribution in [1.29, 1.82) is 0 Å². The van der Waals surface area contributed by atoms with Gasteiger partial charge in [0.15, 0.2) is 0 Å². The van der Waals surface area contributed by atoms with Crippen LogP contribution >= 0.6 is 0 Å². The van der Waals surface area contributed by atoms with E-state index in [1.54, 1.807) is 30.5 Å². The molecule has 0 spiro atoms. The van der Waals surface area contributed by atoms with Gasteiger partial charge in [-0.2, -0.15) is 0 Å². The maximum absolute atomic E-state index is 10.9. The molecule has 0 radical (unpaired) electrons. The number of primary amides is 1. The number of amides is 1. The van der Waals surface area contributed by atoms with Gasteiger partial charge in [-0.15, -0.1) is 0 Å². The van der Waals surface area contributed by atoms with Crippen LogP contribution in [0.5, 0.6) is 0 Å². The van der Waals surface area contributed by atoms with Crippen molar-refractivity contribution in [2.75, 3.05) is 0 Å². The summed E-state index contributed by atoms with van der Waals surface area (Å²) in [5.41, 5.74) is 6.22. The summed E-state index contributed by atoms with van der Waals surface area (Å²) in [6.07, 6.45) is 2.33. The Bertz CT molecular complexity index is 514. The number of benzene rings is 1. The summed E-state index contributed by atoms with van der Waals surface area (Å²) in [7, 11) is 0. The third-order valence-electron chi connectivity index (χ3n) is 2.12. The summed E-state index contributed by atoms with van der Waals surface area (Å²) in [4.78, 5) is 21.5. The summed E-state index contributed by atoms with van der Waals surface area (Å²) >= 11 is 0. The number of nitrogens with two attached hydrogens (primary N) is 1. The molecule has 14 heavy (non-hydrogen) atoms. The summed E-state index contributed by atoms with van der Waals surface area (Å²) in [6, 6.07) is 6.80. The minimum absolute atomic E-state index is 0.402. The fourth-order valence-electron chi connectivity index (χ4n) is 1.39. The van der Waals surface area contributed by atoms with Crippen LogP contribution < -0.4 is 5.73 Å². The maximum atomic E-state index is 10.9. The Kier molecular flexibility index (Phi) is 1.81. The molecule has 2 N–H and O–H groups in total. The van der Waals surface area contributed by atoms with Gasteiger partial charge in [-0.05, 0) is 18.2 Å². The Balaban J connectivity index is 2.73. The molecule has 70 valence electrons. The molecule has 0 saturated heterocycles. The van der Waals surface area contributed by atoms with Crippen molar-refractivity contribution in [2.45, 2.75) is 0 Å². The first-order valence-corrected chi connectivity index (χ1v) is 4.08. The van der Waals surface area contributed by atoms with Crippen molar-refractivity contribution in [3.63, 3.8) is 0 Å². The highest BCUT2D eigenvalue weighted by molar-refractivity contribution is 5.97. The van der Waals surface area contributed by atoms with E-state index in [1.165, 1.54) is 4.57 Å². The fraction of sp³-hybridized carbons (Fsp3) is 0. The van der Waals surface area contributed by atoms with E-state index in [0.29, 0.717) is 17.5 Å². The molecule has 2 aromatic rings. The van der Waals surface area contributed by atoms with Gasteiger partial charge in [0, 0.05) is 17.1 Å². The Labute approximate surface area is 79.9 Å². The second-order valence-corrected chi connectivity index (χ2v) is 2.97. The highest BCUT2D eigenvalue weighted by Crippen LogP contribution is 2.16. The SMILES string of the molecule is NC(=O)c1ccc2ccn(C=O)c2c1. The number of rotatable bonds is 2. The molecule has 4 heteroatoms. The molecule has 1 aromatic heterocycles. The van der Waals surface area contributed by atoms with E-state index in [1.807, 2.05) is 0 Å². The second-order valence-electron chi connectivity index (χ2n) is 2.97. The molecule has 0 unspecified atom stereocenters. The number of carbonyl (C=O) groups excluding carboxylic acids is 2. The predicted molar refractivity (Wildman–Crippen MR) is 52.6 cm³/mol. The summed E-state index contributed by atoms with van der Waals surface area (Å²) in [5.74, 6) is -0.495. The van der Waals surface area contributed by atoms with E-state index >= 15 is 0 Å². The zero-order valence-electron chi connectivity index (χ0n) is 7.31. The highest BCUT2D eigenvalue weighted by atomic mass is 16.1. The van der Waals surface area contributed by atoms with Crippen molar-refractivity contribution in [1.82, 2.24) is 4.57 Å². The van der Waals surface area contributed by atoms with E-state index in [4.69, 9.17) is 5.73 Å². The number of hydrogen-bond acceptors (Lipinski definition) is 2. The molecule has 0 fully saturated rings. The first-order valence-electron chi connectivity index (χ1n) is 4.08. The van der Waals surface area contributed by atoms with E-state index in [9.17, 15) is 9.59 Å². The van der Waals surface area contributed by atoms with Crippen LogP contribution in [0.2, 0.25) is 0 Å². The molecule has 0 saturated carbocycles. The van der Waals surface area contributed by atoms with Crippen LogP contribution in [-0.2, 0) is 4.79 Å². The lowest BCUT2D eigenvalue weighted by Crippen LogP contribution is -2.10. The zero-order chi connectivity index (χ0) is 10.1. The standard InChI is InChI=1S/C10H8N2O2/c11-10(14)8-2-1-7-3-4-12(6-13)9(7)5-8/h1-6H,(H2,11,14). The molecule has 4 nitrogen and oxygen atoms in total. The lowest BCUT2D eigenvalue weighted by atomic mass is 10.1. The molecule has 0 aliphatic heterocycles. The van der Waals surface area contributed by atoms with Gasteiger partial charge in [-0.1, -0.05) is 6.07 Å². The van der Waals surface area contributed by atoms with Gasteiger partial charge < -0.3 is 5.73 Å². The molecule has 0 atom stereocenters. The monoisotopic (exact) mass is 188 g/mol. The van der Waals surface area contributed by atoms with Crippen molar-refractivity contribution >= 4 is 23.2 Å². The molecule has 0 bridgehead atoms. The molecule has 2 rings (SSSR count). The molecule has 1 aromatic carbocycles. The van der Waals surface area contributed by atoms with Crippen LogP contribution in [-0.4, -0.2) is 16.9 Å². The van der Waals surface area contributed by atoms with Crippen molar-refractivity contribution < 1.29 is 9.59 Å². The van der Waals surface area contributed by atoms with Gasteiger partial charge in [0.25, 0.3) is 0 Å². The summed E-state index contributed by atoms with van der Waals surface area (Å²) in [6.45, 7) is 0. The fourth-order valence-corrected chi connectivity index (χ4v) is 1.39. The van der Waals surface area contributed by atoms with Gasteiger partial charge in [0.1, 0.15) is 0 Å². The number of fused-ring (bicyclic) bond motifs is 1. The van der Waals surface area contributed by atoms with Gasteiger partial charge in [-0.25, -0.2) is 0 Å². The van der Waals surface area contributed by atoms with Crippen molar-refractivity contribution in [3.05, 3.63) is 36.0 Å². The average molecular weight is 188 g/mol. The minimum Gasteiger partial charge on any atom is -0.366 e. The molecule has 0 aliphatic carbocycles. The van der Waals surface area contributed by atoms with Crippen LogP contribution in [0.15, 0.2) is 30.5 Å². The lowest BCUT2D eigenvalue weighted by Gasteiger charge is -1.97. The van der Waals surface area contributed by atoms with E-state index in [2.05, 4.69) is 0 Å². The summed E-state index contributed by atoms with van der Waals surface area (Å²) < 4.78 is 1.40. The molecule has 1 heterocycles. The van der Waals surface area contributed by atoms with E-state index in [0.717, 1.165) is 5.39 Å². The minimum atomic E-state index is -0.495. The third kappa shape index (κ3) is 1.17. The smallest absolute Gasteiger partial charge is 0.248 e. The van der Waals surface area contributed by atoms with Crippen LogP contribution in [0.1, 0.15) is 10.4 Å². The summed E-state index contributed by atoms with van der Waals surface area (Å²) in [5, 5.41) is 0.905. The molecule has 0 aliphatic rings. The third-order valence-corrected chi connectivity index (χ3v) is 2.12. The van der Waals surface area contributed by atoms with Gasteiger partial charge in [-0.3, -0.25) is 14.2 Å². The first kappa shape index (κ1) is 8.50. The highest BCUT2D eigenvalue weighted by Gasteiger charge is 2.04. The molecular formula is C10H8N2O2. The first-order chi connectivity index (χ1) is 6.72. The number of nitrogens with zero attached hydrogens (tertiary/aromatic N) is 1. The quantitative estimate of drug-likeness (QED) is 0.707. The van der Waals surface area contributed by atoms with Crippen LogP contribution in [0, 0.1) is 0 Å². The van der Waals surface area contributed by atoms with Gasteiger partial charge in [0.2, 0.25) is 12.3 Å². The Hall–Kier alpha value is -2.10. The van der Waals surface area contributed by atoms with Crippen LogP contribution in [0.25, 0.3) is 10.9 Å². The number of aromatic nitrogens is 1. The Morgan fingerprint density at radius 1 is 1.36 bits per heavy atom. The largest absolute Gasteiger partial charge is 0.366 e. The van der Waals surface area contributed by atoms with Crippen LogP contribution in [0.4, 0.5) is 0 Å². The second kappa shape index (κ2) is 2.99. The topological polar surface area (TPSA) is 65.1 Å². The van der Waals surface area contributed by atoms with Crippen molar-refractivity contribution in [2.24, 2.45) is 5.73 Å². The average Bonchev–Trinajstić information content (AvgIpc) is 2.59. The normalized spacial score (nSPS) is 10.3. The van der Waals surface area contributed by atoms with Gasteiger partial charge in [0.05, 0.1) is 5.52 Å². The van der Waals surface area contributed by atoms with E-state index < -0.39 is 5.91 Å². The number of carbonyl (C=O) groups is 2. The Morgan fingerprint density at radius 2 is 2.14 bits per heavy atom. The maximum Gasteiger partial charge on any atom is 0.248 e. The predicted octanol–water partition coefficient (Wildman–Crippen LogP) is 0.778. The van der Waals surface area contributed by atoms with E-state index in [-0.39, 0.29) is 0 Å².